The molecule has 1 aromatic heterocycles. The van der Waals surface area contributed by atoms with E-state index >= 15 is 0 Å². The first kappa shape index (κ1) is 16.7. The standard InChI is InChI=1S/C12H23N5O2S2/c1-12(2,3)17-11(13-14-15-17)20-9-10-6-5-7-16(8-10)21(4,18)19/h10H,5-9H2,1-4H3. The molecule has 1 fully saturated rings. The molecular formula is C12H23N5O2S2. The number of rotatable bonds is 4. The fourth-order valence-corrected chi connectivity index (χ4v) is 4.47. The van der Waals surface area contributed by atoms with E-state index in [1.165, 1.54) is 6.26 Å². The van der Waals surface area contributed by atoms with Crippen LogP contribution in [0.4, 0.5) is 0 Å². The lowest BCUT2D eigenvalue weighted by atomic mass is 10.0. The molecule has 1 saturated heterocycles. The van der Waals surface area contributed by atoms with Crippen LogP contribution < -0.4 is 0 Å². The Hall–Kier alpha value is -0.670. The Labute approximate surface area is 130 Å². The molecule has 2 rings (SSSR count). The minimum atomic E-state index is -3.08. The van der Waals surface area contributed by atoms with E-state index in [2.05, 4.69) is 36.3 Å². The lowest BCUT2D eigenvalue weighted by Crippen LogP contribution is -2.40. The van der Waals surface area contributed by atoms with Crippen LogP contribution in [0.2, 0.25) is 0 Å². The van der Waals surface area contributed by atoms with Crippen LogP contribution >= 0.6 is 11.8 Å². The molecule has 1 atom stereocenters. The van der Waals surface area contributed by atoms with Crippen LogP contribution in [0, 0.1) is 5.92 Å². The maximum absolute atomic E-state index is 11.6. The minimum Gasteiger partial charge on any atom is -0.215 e. The summed E-state index contributed by atoms with van der Waals surface area (Å²) in [4.78, 5) is 0. The minimum absolute atomic E-state index is 0.156. The average Bonchev–Trinajstić information content (AvgIpc) is 2.84. The number of thioether (sulfide) groups is 1. The van der Waals surface area contributed by atoms with Gasteiger partial charge in [0.25, 0.3) is 0 Å². The third kappa shape index (κ3) is 4.40. The molecule has 0 bridgehead atoms. The second-order valence-corrected chi connectivity index (χ2v) is 9.45. The molecule has 0 amide bonds. The molecule has 0 N–H and O–H groups in total. The topological polar surface area (TPSA) is 81.0 Å². The molecule has 1 aliphatic rings. The molecule has 0 aliphatic carbocycles. The zero-order valence-corrected chi connectivity index (χ0v) is 14.6. The first-order chi connectivity index (χ1) is 9.68. The molecule has 120 valence electrons. The van der Waals surface area contributed by atoms with Gasteiger partial charge in [0.1, 0.15) is 0 Å². The molecule has 1 aromatic rings. The van der Waals surface area contributed by atoms with Crippen molar-refractivity contribution in [2.45, 2.75) is 44.3 Å². The van der Waals surface area contributed by atoms with Gasteiger partial charge in [0.15, 0.2) is 0 Å². The fraction of sp³-hybridized carbons (Fsp3) is 0.917. The molecule has 0 spiro atoms. The zero-order chi connectivity index (χ0) is 15.7. The van der Waals surface area contributed by atoms with Crippen molar-refractivity contribution in [3.05, 3.63) is 0 Å². The zero-order valence-electron chi connectivity index (χ0n) is 13.0. The van der Waals surface area contributed by atoms with Gasteiger partial charge in [0, 0.05) is 18.8 Å². The van der Waals surface area contributed by atoms with Crippen LogP contribution in [-0.4, -0.2) is 58.0 Å². The van der Waals surface area contributed by atoms with Crippen LogP contribution in [0.5, 0.6) is 0 Å². The van der Waals surface area contributed by atoms with Gasteiger partial charge in [-0.2, -0.15) is 0 Å². The first-order valence-electron chi connectivity index (χ1n) is 7.04. The van der Waals surface area contributed by atoms with E-state index in [1.807, 2.05) is 4.68 Å². The highest BCUT2D eigenvalue weighted by Crippen LogP contribution is 2.27. The van der Waals surface area contributed by atoms with Gasteiger partial charge in [-0.05, 0) is 50.0 Å². The Morgan fingerprint density at radius 3 is 2.71 bits per heavy atom. The van der Waals surface area contributed by atoms with Crippen molar-refractivity contribution in [1.82, 2.24) is 24.5 Å². The monoisotopic (exact) mass is 333 g/mol. The maximum Gasteiger partial charge on any atom is 0.211 e. The smallest absolute Gasteiger partial charge is 0.211 e. The van der Waals surface area contributed by atoms with Crippen molar-refractivity contribution >= 4 is 21.8 Å². The van der Waals surface area contributed by atoms with Crippen molar-refractivity contribution in [2.75, 3.05) is 25.1 Å². The summed E-state index contributed by atoms with van der Waals surface area (Å²) in [5.74, 6) is 1.19. The van der Waals surface area contributed by atoms with Crippen LogP contribution in [0.3, 0.4) is 0 Å². The molecule has 0 saturated carbocycles. The van der Waals surface area contributed by atoms with Crippen LogP contribution in [0.15, 0.2) is 5.16 Å². The molecule has 7 nitrogen and oxygen atoms in total. The largest absolute Gasteiger partial charge is 0.215 e. The van der Waals surface area contributed by atoms with E-state index < -0.39 is 10.0 Å². The molecule has 0 radical (unpaired) electrons. The summed E-state index contributed by atoms with van der Waals surface area (Å²) in [7, 11) is -3.08. The van der Waals surface area contributed by atoms with Crippen LogP contribution in [0.25, 0.3) is 0 Å². The van der Waals surface area contributed by atoms with Crippen molar-refractivity contribution in [2.24, 2.45) is 5.92 Å². The maximum atomic E-state index is 11.6. The van der Waals surface area contributed by atoms with Gasteiger partial charge in [-0.3, -0.25) is 0 Å². The molecule has 9 heteroatoms. The normalized spacial score (nSPS) is 21.6. The molecule has 0 aromatic carbocycles. The van der Waals surface area contributed by atoms with Gasteiger partial charge in [0.05, 0.1) is 11.8 Å². The van der Waals surface area contributed by atoms with Crippen molar-refractivity contribution < 1.29 is 8.42 Å². The summed E-state index contributed by atoms with van der Waals surface area (Å²) in [6.45, 7) is 7.40. The quantitative estimate of drug-likeness (QED) is 0.770. The summed E-state index contributed by atoms with van der Waals surface area (Å²) in [6.07, 6.45) is 3.25. The number of nitrogens with zero attached hydrogens (tertiary/aromatic N) is 5. The Balaban J connectivity index is 1.96. The lowest BCUT2D eigenvalue weighted by molar-refractivity contribution is 0.285. The number of piperidine rings is 1. The number of tetrazole rings is 1. The molecule has 2 heterocycles. The predicted octanol–water partition coefficient (Wildman–Crippen LogP) is 1.19. The highest BCUT2D eigenvalue weighted by molar-refractivity contribution is 7.99. The van der Waals surface area contributed by atoms with Gasteiger partial charge in [-0.25, -0.2) is 17.4 Å². The average molecular weight is 333 g/mol. The Morgan fingerprint density at radius 1 is 1.38 bits per heavy atom. The second-order valence-electron chi connectivity index (χ2n) is 6.48. The van der Waals surface area contributed by atoms with Gasteiger partial charge < -0.3 is 0 Å². The SMILES string of the molecule is CC(C)(C)n1nnnc1SCC1CCCN(S(C)(=O)=O)C1. The van der Waals surface area contributed by atoms with E-state index in [1.54, 1.807) is 16.1 Å². The van der Waals surface area contributed by atoms with E-state index in [-0.39, 0.29) is 5.54 Å². The lowest BCUT2D eigenvalue weighted by Gasteiger charge is -2.30. The second kappa shape index (κ2) is 6.21. The van der Waals surface area contributed by atoms with Crippen molar-refractivity contribution in [3.63, 3.8) is 0 Å². The van der Waals surface area contributed by atoms with Crippen LogP contribution in [-0.2, 0) is 15.6 Å². The van der Waals surface area contributed by atoms with Crippen molar-refractivity contribution in [3.8, 4) is 0 Å². The Morgan fingerprint density at radius 2 is 2.10 bits per heavy atom. The van der Waals surface area contributed by atoms with E-state index in [0.29, 0.717) is 19.0 Å². The Kier molecular flexibility index (Phi) is 4.94. The number of hydrogen-bond acceptors (Lipinski definition) is 6. The third-order valence-electron chi connectivity index (χ3n) is 3.48. The Bertz CT molecular complexity index is 579. The van der Waals surface area contributed by atoms with Gasteiger partial charge in [-0.15, -0.1) is 5.10 Å². The summed E-state index contributed by atoms with van der Waals surface area (Å²) in [5.41, 5.74) is -0.156. The van der Waals surface area contributed by atoms with E-state index in [9.17, 15) is 8.42 Å². The van der Waals surface area contributed by atoms with Gasteiger partial charge in [-0.1, -0.05) is 11.8 Å². The van der Waals surface area contributed by atoms with Crippen molar-refractivity contribution in [1.29, 1.82) is 0 Å². The molecule has 21 heavy (non-hydrogen) atoms. The van der Waals surface area contributed by atoms with Crippen LogP contribution in [0.1, 0.15) is 33.6 Å². The number of hydrogen-bond donors (Lipinski definition) is 0. The predicted molar refractivity (Wildman–Crippen MR) is 82.7 cm³/mol. The van der Waals surface area contributed by atoms with E-state index in [0.717, 1.165) is 23.8 Å². The fourth-order valence-electron chi connectivity index (χ4n) is 2.35. The molecule has 1 aliphatic heterocycles. The third-order valence-corrected chi connectivity index (χ3v) is 5.90. The summed E-state index contributed by atoms with van der Waals surface area (Å²) >= 11 is 1.61. The summed E-state index contributed by atoms with van der Waals surface area (Å²) in [6, 6.07) is 0. The number of aromatic nitrogens is 4. The summed E-state index contributed by atoms with van der Waals surface area (Å²) in [5, 5.41) is 12.6. The van der Waals surface area contributed by atoms with Gasteiger partial charge >= 0.3 is 0 Å². The molecular weight excluding hydrogens is 310 g/mol. The number of sulfonamides is 1. The summed E-state index contributed by atoms with van der Waals surface area (Å²) < 4.78 is 26.7. The highest BCUT2D eigenvalue weighted by atomic mass is 32.2. The first-order valence-corrected chi connectivity index (χ1v) is 9.88. The highest BCUT2D eigenvalue weighted by Gasteiger charge is 2.27. The molecule has 1 unspecified atom stereocenters. The van der Waals surface area contributed by atoms with Gasteiger partial charge in [0.2, 0.25) is 15.2 Å². The van der Waals surface area contributed by atoms with E-state index in [4.69, 9.17) is 0 Å².